The van der Waals surface area contributed by atoms with Gasteiger partial charge in [0.2, 0.25) is 5.78 Å². The highest BCUT2D eigenvalue weighted by Gasteiger charge is 2.67. The highest BCUT2D eigenvalue weighted by atomic mass is 28.4. The lowest BCUT2D eigenvalue weighted by Gasteiger charge is -2.55. The number of aliphatic hydroxyl groups is 1. The van der Waals surface area contributed by atoms with Crippen molar-refractivity contribution in [3.8, 4) is 11.6 Å². The van der Waals surface area contributed by atoms with Crippen molar-refractivity contribution in [2.75, 3.05) is 33.3 Å². The Kier molecular flexibility index (Phi) is 12.2. The zero-order chi connectivity index (χ0) is 42.5. The van der Waals surface area contributed by atoms with Gasteiger partial charge in [-0.3, -0.25) is 19.4 Å². The minimum absolute atomic E-state index is 0.0324. The predicted molar refractivity (Wildman–Crippen MR) is 224 cm³/mol. The van der Waals surface area contributed by atoms with E-state index in [-0.39, 0.29) is 34.4 Å². The number of Topliss-reactive ketones (excluding diaryl/α,β-unsaturated/α-hetero) is 2. The summed E-state index contributed by atoms with van der Waals surface area (Å²) >= 11 is 0. The molecule has 6 rings (SSSR count). The van der Waals surface area contributed by atoms with Gasteiger partial charge in [0.1, 0.15) is 22.7 Å². The average Bonchev–Trinajstić information content (AvgIpc) is 3.74. The summed E-state index contributed by atoms with van der Waals surface area (Å²) in [5.74, 6) is -2.29. The van der Waals surface area contributed by atoms with E-state index in [4.69, 9.17) is 23.2 Å². The lowest BCUT2D eigenvalue weighted by atomic mass is 9.58. The number of aliphatic hydroxyl groups excluding tert-OH is 1. The quantitative estimate of drug-likeness (QED) is 0.0677. The number of carbonyl (C=O) groups is 3. The second-order valence-corrected chi connectivity index (χ2v) is 23.6. The van der Waals surface area contributed by atoms with Gasteiger partial charge in [-0.15, -0.1) is 13.2 Å². The molecule has 0 bridgehead atoms. The van der Waals surface area contributed by atoms with Gasteiger partial charge in [-0.25, -0.2) is 4.79 Å². The van der Waals surface area contributed by atoms with Crippen LogP contribution in [0.15, 0.2) is 53.3 Å². The molecule has 1 aliphatic heterocycles. The third-order valence-electron chi connectivity index (χ3n) is 12.7. The molecule has 0 saturated carbocycles. The average molecular weight is 818 g/mol. The molecule has 0 radical (unpaired) electrons. The van der Waals surface area contributed by atoms with Gasteiger partial charge in [-0.2, -0.15) is 0 Å². The lowest BCUT2D eigenvalue weighted by molar-refractivity contribution is -0.0524. The Morgan fingerprint density at radius 1 is 1.12 bits per heavy atom. The molecule has 1 saturated heterocycles. The number of allylic oxidation sites excluding steroid dienone is 1. The van der Waals surface area contributed by atoms with Crippen LogP contribution in [0.25, 0.3) is 0 Å². The Hall–Kier alpha value is -4.04. The van der Waals surface area contributed by atoms with Crippen molar-refractivity contribution in [1.82, 2.24) is 15.0 Å². The maximum Gasteiger partial charge on any atom is 0.514 e. The summed E-state index contributed by atoms with van der Waals surface area (Å²) in [6.45, 7) is 27.6. The second kappa shape index (κ2) is 16.2. The third-order valence-corrected chi connectivity index (χ3v) is 17.1. The molecular weight excluding hydrogens is 755 g/mol. The zero-order valence-electron chi connectivity index (χ0n) is 36.2. The number of rotatable bonds is 13. The summed E-state index contributed by atoms with van der Waals surface area (Å²) in [5.41, 5.74) is -0.852. The SMILES string of the molecule is C=CCN(CC=C)[C@@H]1c2onc(OCCCC)c2C(=O)[C@@]2(O[Si](C)(C)C(C)(C)C)C(O)=C3C(=O)c4c(cc(C5CCCN5C)cc4OC(=O)OC(C)(C)C)C[C@H]3C[C@@H]12. The van der Waals surface area contributed by atoms with Crippen LogP contribution >= 0.6 is 0 Å². The molecule has 2 aromatic rings. The number of hydrogen-bond donors (Lipinski definition) is 1. The Bertz CT molecular complexity index is 1980. The number of ether oxygens (including phenoxy) is 3. The van der Waals surface area contributed by atoms with E-state index in [0.29, 0.717) is 43.9 Å². The van der Waals surface area contributed by atoms with Crippen LogP contribution in [0.4, 0.5) is 4.79 Å². The zero-order valence-corrected chi connectivity index (χ0v) is 37.2. The number of ketones is 2. The fourth-order valence-corrected chi connectivity index (χ4v) is 10.5. The van der Waals surface area contributed by atoms with Crippen molar-refractivity contribution in [3.05, 3.63) is 76.8 Å². The summed E-state index contributed by atoms with van der Waals surface area (Å²) in [5, 5.41) is 17.0. The number of unbranched alkanes of at least 4 members (excludes halogenated alkanes) is 1. The molecule has 1 fully saturated rings. The normalized spacial score (nSPS) is 24.9. The maximum atomic E-state index is 15.6. The molecule has 58 heavy (non-hydrogen) atoms. The van der Waals surface area contributed by atoms with Crippen molar-refractivity contribution in [3.63, 3.8) is 0 Å². The van der Waals surface area contributed by atoms with E-state index in [0.717, 1.165) is 37.8 Å². The Morgan fingerprint density at radius 2 is 1.81 bits per heavy atom. The molecule has 3 aliphatic carbocycles. The molecule has 0 spiro atoms. The number of fused-ring (bicyclic) bond motifs is 4. The van der Waals surface area contributed by atoms with Crippen molar-refractivity contribution in [1.29, 1.82) is 0 Å². The fraction of sp³-hybridized carbons (Fsp3) is 0.600. The highest BCUT2D eigenvalue weighted by Crippen LogP contribution is 2.60. The first-order valence-corrected chi connectivity index (χ1v) is 23.7. The van der Waals surface area contributed by atoms with Crippen LogP contribution in [0.1, 0.15) is 130 Å². The maximum absolute atomic E-state index is 15.6. The van der Waals surface area contributed by atoms with Crippen LogP contribution in [0, 0.1) is 11.8 Å². The summed E-state index contributed by atoms with van der Waals surface area (Å²) < 4.78 is 31.1. The molecular formula is C45H63N3O9Si. The van der Waals surface area contributed by atoms with E-state index in [1.165, 1.54) is 0 Å². The number of carbonyl (C=O) groups excluding carboxylic acids is 3. The van der Waals surface area contributed by atoms with Crippen molar-refractivity contribution >= 4 is 26.0 Å². The largest absolute Gasteiger partial charge is 0.514 e. The smallest absolute Gasteiger partial charge is 0.508 e. The molecule has 0 amide bonds. The summed E-state index contributed by atoms with van der Waals surface area (Å²) in [7, 11) is -0.882. The van der Waals surface area contributed by atoms with Crippen molar-refractivity contribution in [2.45, 2.75) is 128 Å². The Balaban J connectivity index is 1.61. The van der Waals surface area contributed by atoms with Crippen molar-refractivity contribution in [2.24, 2.45) is 11.8 Å². The second-order valence-electron chi connectivity index (χ2n) is 18.9. The number of hydrogen-bond acceptors (Lipinski definition) is 12. The number of nitrogens with zero attached hydrogens (tertiary/aromatic N) is 3. The van der Waals surface area contributed by atoms with E-state index >= 15 is 9.59 Å². The van der Waals surface area contributed by atoms with Crippen LogP contribution in [-0.2, 0) is 15.6 Å². The molecule has 12 nitrogen and oxygen atoms in total. The molecule has 1 aromatic heterocycles. The van der Waals surface area contributed by atoms with Crippen LogP contribution < -0.4 is 9.47 Å². The predicted octanol–water partition coefficient (Wildman–Crippen LogP) is 9.49. The van der Waals surface area contributed by atoms with Crippen LogP contribution in [0.5, 0.6) is 11.6 Å². The summed E-state index contributed by atoms with van der Waals surface area (Å²) in [6.07, 6.45) is 6.78. The minimum atomic E-state index is -2.95. The van der Waals surface area contributed by atoms with E-state index in [1.807, 2.05) is 26.1 Å². The van der Waals surface area contributed by atoms with Crippen LogP contribution in [0.3, 0.4) is 0 Å². The van der Waals surface area contributed by atoms with E-state index < -0.39 is 65.9 Å². The standard InChI is InChI=1S/C45H63N3O9Si/c1-13-16-22-53-41-35-38(56-46-41)36(48(19-14-2)20-15-3)30-25-29-24-28-23-27(31-18-17-21-47(31)10)26-32(54-42(52)55-43(4,5)6)33(28)37(49)34(29)39(50)45(30,40(35)51)57-58(11,12)44(7,8)9/h14-15,23,26,29-31,36,50H,2-3,13,16-22,24-25H2,1,4-12H3/t29-,30-,31?,36-,45-/m0/s1. The van der Waals surface area contributed by atoms with Gasteiger partial charge in [0.05, 0.1) is 18.2 Å². The lowest BCUT2D eigenvalue weighted by Crippen LogP contribution is -2.65. The van der Waals surface area contributed by atoms with Gasteiger partial charge in [0.15, 0.2) is 25.5 Å². The molecule has 5 atom stereocenters. The first kappa shape index (κ1) is 43.5. The van der Waals surface area contributed by atoms with Crippen LogP contribution in [0.2, 0.25) is 18.1 Å². The molecule has 316 valence electrons. The van der Waals surface area contributed by atoms with Gasteiger partial charge in [-0.05, 0) is 113 Å². The van der Waals surface area contributed by atoms with E-state index in [2.05, 4.69) is 55.9 Å². The summed E-state index contributed by atoms with van der Waals surface area (Å²) in [6, 6.07) is 3.22. The first-order valence-electron chi connectivity index (χ1n) is 20.8. The Morgan fingerprint density at radius 3 is 2.40 bits per heavy atom. The third kappa shape index (κ3) is 7.75. The number of likely N-dealkylation sites (tertiary alicyclic amines) is 1. The van der Waals surface area contributed by atoms with Crippen LogP contribution in [-0.4, -0.2) is 90.6 Å². The minimum Gasteiger partial charge on any atom is -0.508 e. The number of benzene rings is 1. The van der Waals surface area contributed by atoms with Crippen molar-refractivity contribution < 1.29 is 42.6 Å². The van der Waals surface area contributed by atoms with E-state index in [1.54, 1.807) is 39.0 Å². The Labute approximate surface area is 344 Å². The molecule has 1 aromatic carbocycles. The molecule has 1 unspecified atom stereocenters. The number of aromatic nitrogens is 1. The molecule has 1 N–H and O–H groups in total. The highest BCUT2D eigenvalue weighted by molar-refractivity contribution is 6.74. The van der Waals surface area contributed by atoms with E-state index in [9.17, 15) is 9.90 Å². The monoisotopic (exact) mass is 817 g/mol. The molecule has 4 aliphatic rings. The first-order chi connectivity index (χ1) is 27.2. The topological polar surface area (TPSA) is 141 Å². The summed E-state index contributed by atoms with van der Waals surface area (Å²) in [4.78, 5) is 48.6. The molecule has 2 heterocycles. The van der Waals surface area contributed by atoms with Gasteiger partial charge in [0.25, 0.3) is 5.88 Å². The fourth-order valence-electron chi connectivity index (χ4n) is 9.00. The molecule has 13 heteroatoms. The van der Waals surface area contributed by atoms with Gasteiger partial charge in [0, 0.05) is 30.6 Å². The van der Waals surface area contributed by atoms with Gasteiger partial charge < -0.3 is 28.3 Å². The van der Waals surface area contributed by atoms with Gasteiger partial charge >= 0.3 is 6.16 Å². The van der Waals surface area contributed by atoms with Gasteiger partial charge in [-0.1, -0.05) is 52.3 Å².